The van der Waals surface area contributed by atoms with Crippen molar-refractivity contribution < 1.29 is 9.26 Å². The minimum atomic E-state index is -0.390. The van der Waals surface area contributed by atoms with E-state index in [0.717, 1.165) is 25.2 Å². The molecule has 112 valence electrons. The summed E-state index contributed by atoms with van der Waals surface area (Å²) in [7, 11) is 0. The molecule has 1 aliphatic carbocycles. The zero-order valence-electron chi connectivity index (χ0n) is 12.5. The van der Waals surface area contributed by atoms with Gasteiger partial charge in [-0.1, -0.05) is 18.5 Å². The third-order valence-electron chi connectivity index (χ3n) is 5.01. The second-order valence-electron chi connectivity index (χ2n) is 6.54. The topological polar surface area (TPSA) is 74.2 Å². The first kappa shape index (κ1) is 14.0. The molecule has 0 spiro atoms. The van der Waals surface area contributed by atoms with Crippen LogP contribution in [0.5, 0.6) is 0 Å². The van der Waals surface area contributed by atoms with Crippen LogP contribution in [0.1, 0.15) is 70.0 Å². The Balaban J connectivity index is 1.70. The van der Waals surface area contributed by atoms with Crippen molar-refractivity contribution in [3.63, 3.8) is 0 Å². The first-order chi connectivity index (χ1) is 9.60. The summed E-state index contributed by atoms with van der Waals surface area (Å²) in [6, 6.07) is 0. The van der Waals surface area contributed by atoms with Crippen LogP contribution in [0, 0.1) is 5.92 Å². The molecule has 5 nitrogen and oxygen atoms in total. The fraction of sp³-hybridized carbons (Fsp3) is 0.867. The number of hydrogen-bond donors (Lipinski definition) is 1. The number of hydrogen-bond acceptors (Lipinski definition) is 5. The molecule has 0 amide bonds. The highest BCUT2D eigenvalue weighted by molar-refractivity contribution is 5.08. The Morgan fingerprint density at radius 3 is 2.70 bits per heavy atom. The molecular formula is C15H25N3O2. The van der Waals surface area contributed by atoms with E-state index in [1.807, 2.05) is 0 Å². The Morgan fingerprint density at radius 2 is 2.10 bits per heavy atom. The van der Waals surface area contributed by atoms with E-state index in [1.165, 1.54) is 19.3 Å². The van der Waals surface area contributed by atoms with Gasteiger partial charge in [0.05, 0.1) is 24.2 Å². The van der Waals surface area contributed by atoms with E-state index in [1.54, 1.807) is 0 Å². The molecule has 20 heavy (non-hydrogen) atoms. The van der Waals surface area contributed by atoms with Gasteiger partial charge in [0.2, 0.25) is 5.89 Å². The average molecular weight is 279 g/mol. The number of rotatable bonds is 3. The van der Waals surface area contributed by atoms with Gasteiger partial charge in [0.15, 0.2) is 5.82 Å². The van der Waals surface area contributed by atoms with Crippen LogP contribution in [0.15, 0.2) is 4.52 Å². The van der Waals surface area contributed by atoms with Crippen molar-refractivity contribution in [2.24, 2.45) is 11.7 Å². The predicted octanol–water partition coefficient (Wildman–Crippen LogP) is 2.72. The summed E-state index contributed by atoms with van der Waals surface area (Å²) in [5, 5.41) is 4.17. The zero-order chi connectivity index (χ0) is 14.2. The summed E-state index contributed by atoms with van der Waals surface area (Å²) in [4.78, 5) is 4.59. The maximum atomic E-state index is 6.52. The smallest absolute Gasteiger partial charge is 0.232 e. The highest BCUT2D eigenvalue weighted by atomic mass is 16.5. The molecule has 3 rings (SSSR count). The second-order valence-corrected chi connectivity index (χ2v) is 6.54. The fourth-order valence-corrected chi connectivity index (χ4v) is 3.42. The Kier molecular flexibility index (Phi) is 3.82. The van der Waals surface area contributed by atoms with E-state index >= 15 is 0 Å². The first-order valence-corrected chi connectivity index (χ1v) is 7.85. The van der Waals surface area contributed by atoms with E-state index in [-0.39, 0.29) is 12.0 Å². The van der Waals surface area contributed by atoms with Crippen molar-refractivity contribution >= 4 is 0 Å². The molecule has 1 saturated heterocycles. The van der Waals surface area contributed by atoms with E-state index in [0.29, 0.717) is 18.3 Å². The summed E-state index contributed by atoms with van der Waals surface area (Å²) < 4.78 is 11.0. The Morgan fingerprint density at radius 1 is 1.35 bits per heavy atom. The van der Waals surface area contributed by atoms with Gasteiger partial charge >= 0.3 is 0 Å². The van der Waals surface area contributed by atoms with Gasteiger partial charge in [0.25, 0.3) is 0 Å². The van der Waals surface area contributed by atoms with Crippen molar-refractivity contribution in [3.8, 4) is 0 Å². The van der Waals surface area contributed by atoms with Crippen LogP contribution in [-0.4, -0.2) is 22.9 Å². The van der Waals surface area contributed by atoms with Crippen molar-refractivity contribution in [1.29, 1.82) is 0 Å². The summed E-state index contributed by atoms with van der Waals surface area (Å²) in [6.45, 7) is 5.01. The highest BCUT2D eigenvalue weighted by Gasteiger charge is 2.38. The zero-order valence-corrected chi connectivity index (χ0v) is 12.5. The molecule has 1 aromatic heterocycles. The molecule has 2 atom stereocenters. The third kappa shape index (κ3) is 2.61. The Labute approximate surface area is 120 Å². The van der Waals surface area contributed by atoms with Crippen LogP contribution in [0.3, 0.4) is 0 Å². The maximum Gasteiger partial charge on any atom is 0.232 e. The highest BCUT2D eigenvalue weighted by Crippen LogP contribution is 2.38. The van der Waals surface area contributed by atoms with E-state index in [4.69, 9.17) is 15.0 Å². The second kappa shape index (κ2) is 5.45. The monoisotopic (exact) mass is 279 g/mol. The molecule has 2 heterocycles. The van der Waals surface area contributed by atoms with Gasteiger partial charge < -0.3 is 15.0 Å². The number of ether oxygens (including phenoxy) is 1. The minimum Gasteiger partial charge on any atom is -0.378 e. The largest absolute Gasteiger partial charge is 0.378 e. The molecule has 2 N–H and O–H groups in total. The van der Waals surface area contributed by atoms with Crippen LogP contribution in [0.2, 0.25) is 0 Å². The van der Waals surface area contributed by atoms with Crippen LogP contribution in [0.4, 0.5) is 0 Å². The van der Waals surface area contributed by atoms with Gasteiger partial charge in [0, 0.05) is 0 Å². The van der Waals surface area contributed by atoms with Crippen molar-refractivity contribution in [3.05, 3.63) is 11.7 Å². The van der Waals surface area contributed by atoms with Crippen molar-refractivity contribution in [2.45, 2.75) is 69.9 Å². The fourth-order valence-electron chi connectivity index (χ4n) is 3.42. The van der Waals surface area contributed by atoms with E-state index < -0.39 is 5.54 Å². The standard InChI is InChI=1S/C15H25N3O2/c1-3-11-4-6-15(16,7-5-11)14-17-13(20-18-14)12-8-10(2)19-9-12/h10-12H,3-9,16H2,1-2H3. The van der Waals surface area contributed by atoms with Crippen LogP contribution >= 0.6 is 0 Å². The number of nitrogens with two attached hydrogens (primary N) is 1. The molecule has 1 aliphatic heterocycles. The molecule has 0 aromatic carbocycles. The van der Waals surface area contributed by atoms with Gasteiger partial charge in [-0.2, -0.15) is 4.98 Å². The lowest BCUT2D eigenvalue weighted by molar-refractivity contribution is 0.122. The minimum absolute atomic E-state index is 0.238. The number of aromatic nitrogens is 2. The average Bonchev–Trinajstić information content (AvgIpc) is 3.08. The normalized spacial score (nSPS) is 38.2. The third-order valence-corrected chi connectivity index (χ3v) is 5.01. The molecule has 1 aromatic rings. The van der Waals surface area contributed by atoms with Gasteiger partial charge in [-0.05, 0) is 44.9 Å². The van der Waals surface area contributed by atoms with Gasteiger partial charge in [-0.3, -0.25) is 0 Å². The molecular weight excluding hydrogens is 254 g/mol. The maximum absolute atomic E-state index is 6.52. The molecule has 0 bridgehead atoms. The summed E-state index contributed by atoms with van der Waals surface area (Å²) in [5.74, 6) is 2.44. The van der Waals surface area contributed by atoms with Gasteiger partial charge in [-0.25, -0.2) is 0 Å². The lowest BCUT2D eigenvalue weighted by Crippen LogP contribution is -2.41. The van der Waals surface area contributed by atoms with E-state index in [9.17, 15) is 0 Å². The lowest BCUT2D eigenvalue weighted by atomic mass is 9.76. The van der Waals surface area contributed by atoms with E-state index in [2.05, 4.69) is 24.0 Å². The first-order valence-electron chi connectivity index (χ1n) is 7.85. The van der Waals surface area contributed by atoms with Crippen molar-refractivity contribution in [2.75, 3.05) is 6.61 Å². The van der Waals surface area contributed by atoms with Crippen LogP contribution in [-0.2, 0) is 10.3 Å². The van der Waals surface area contributed by atoms with Gasteiger partial charge in [-0.15, -0.1) is 0 Å². The summed E-state index contributed by atoms with van der Waals surface area (Å²) in [5.41, 5.74) is 6.13. The summed E-state index contributed by atoms with van der Waals surface area (Å²) in [6.07, 6.45) is 6.73. The van der Waals surface area contributed by atoms with Gasteiger partial charge in [0.1, 0.15) is 0 Å². The number of nitrogens with zero attached hydrogens (tertiary/aromatic N) is 2. The molecule has 2 aliphatic rings. The Bertz CT molecular complexity index is 452. The molecule has 2 fully saturated rings. The predicted molar refractivity (Wildman–Crippen MR) is 75.2 cm³/mol. The molecule has 1 saturated carbocycles. The molecule has 5 heteroatoms. The van der Waals surface area contributed by atoms with Crippen LogP contribution < -0.4 is 5.73 Å². The van der Waals surface area contributed by atoms with Crippen LogP contribution in [0.25, 0.3) is 0 Å². The Hall–Kier alpha value is -0.940. The SMILES string of the molecule is CCC1CCC(N)(c2noc(C3COC(C)C3)n2)CC1. The lowest BCUT2D eigenvalue weighted by Gasteiger charge is -2.34. The summed E-state index contributed by atoms with van der Waals surface area (Å²) >= 11 is 0. The molecule has 0 radical (unpaired) electrons. The van der Waals surface area contributed by atoms with Crippen molar-refractivity contribution in [1.82, 2.24) is 10.1 Å². The quantitative estimate of drug-likeness (QED) is 0.920. The molecule has 2 unspecified atom stereocenters.